The second-order valence-electron chi connectivity index (χ2n) is 3.50. The lowest BCUT2D eigenvalue weighted by molar-refractivity contribution is 0.325. The molecule has 0 saturated heterocycles. The molecule has 1 aliphatic heterocycles. The fourth-order valence-electron chi connectivity index (χ4n) is 1.51. The molecule has 0 radical (unpaired) electrons. The standard InChI is InChI=1S/C11H13NO2S/c1-15(13)8-10-7-14-11(12-10)9-5-3-2-4-6-9/h2-6,10H,7-8H2,1H3/t10-,15+/m1/s1. The van der Waals surface area contributed by atoms with E-state index in [4.69, 9.17) is 4.74 Å². The number of rotatable bonds is 3. The third kappa shape index (κ3) is 2.65. The number of benzene rings is 1. The summed E-state index contributed by atoms with van der Waals surface area (Å²) in [5.41, 5.74) is 0.988. The van der Waals surface area contributed by atoms with Gasteiger partial charge in [-0.3, -0.25) is 4.21 Å². The van der Waals surface area contributed by atoms with Crippen LogP contribution in [0.15, 0.2) is 35.3 Å². The molecule has 2 rings (SSSR count). The van der Waals surface area contributed by atoms with Crippen molar-refractivity contribution in [3.8, 4) is 0 Å². The Morgan fingerprint density at radius 2 is 2.20 bits per heavy atom. The molecule has 4 heteroatoms. The van der Waals surface area contributed by atoms with Crippen molar-refractivity contribution in [3.05, 3.63) is 35.9 Å². The van der Waals surface area contributed by atoms with Crippen molar-refractivity contribution in [2.45, 2.75) is 6.04 Å². The van der Waals surface area contributed by atoms with Crippen molar-refractivity contribution in [1.82, 2.24) is 0 Å². The van der Waals surface area contributed by atoms with E-state index in [-0.39, 0.29) is 6.04 Å². The van der Waals surface area contributed by atoms with Crippen LogP contribution in [0, 0.1) is 0 Å². The first-order chi connectivity index (χ1) is 7.25. The van der Waals surface area contributed by atoms with E-state index in [9.17, 15) is 4.21 Å². The predicted molar refractivity (Wildman–Crippen MR) is 61.7 cm³/mol. The molecule has 15 heavy (non-hydrogen) atoms. The molecule has 0 aliphatic carbocycles. The number of hydrogen-bond acceptors (Lipinski definition) is 3. The van der Waals surface area contributed by atoms with Gasteiger partial charge in [-0.25, -0.2) is 4.99 Å². The highest BCUT2D eigenvalue weighted by molar-refractivity contribution is 7.84. The lowest BCUT2D eigenvalue weighted by Gasteiger charge is -2.00. The van der Waals surface area contributed by atoms with Crippen LogP contribution in [0.1, 0.15) is 5.56 Å². The largest absolute Gasteiger partial charge is 0.475 e. The number of ether oxygens (including phenoxy) is 1. The molecule has 0 bridgehead atoms. The monoisotopic (exact) mass is 223 g/mol. The third-order valence-electron chi connectivity index (χ3n) is 2.16. The van der Waals surface area contributed by atoms with Crippen LogP contribution in [-0.4, -0.2) is 34.8 Å². The molecule has 1 aromatic rings. The first-order valence-corrected chi connectivity index (χ1v) is 6.54. The van der Waals surface area contributed by atoms with Gasteiger partial charge in [-0.15, -0.1) is 0 Å². The Hall–Kier alpha value is -1.16. The molecule has 2 atom stereocenters. The van der Waals surface area contributed by atoms with E-state index in [0.717, 1.165) is 5.56 Å². The quantitative estimate of drug-likeness (QED) is 0.772. The molecule has 80 valence electrons. The SMILES string of the molecule is C[S@](=O)C[C@H]1COC(c2ccccc2)=N1. The normalized spacial score (nSPS) is 21.9. The number of nitrogens with zero attached hydrogens (tertiary/aromatic N) is 1. The van der Waals surface area contributed by atoms with E-state index >= 15 is 0 Å². The Labute approximate surface area is 91.6 Å². The maximum atomic E-state index is 11.0. The van der Waals surface area contributed by atoms with Gasteiger partial charge < -0.3 is 4.74 Å². The van der Waals surface area contributed by atoms with E-state index in [1.54, 1.807) is 6.26 Å². The van der Waals surface area contributed by atoms with Crippen LogP contribution >= 0.6 is 0 Å². The number of aliphatic imine (C=N–C) groups is 1. The highest BCUT2D eigenvalue weighted by atomic mass is 32.2. The summed E-state index contributed by atoms with van der Waals surface area (Å²) in [7, 11) is -0.814. The molecule has 1 heterocycles. The summed E-state index contributed by atoms with van der Waals surface area (Å²) in [6, 6.07) is 9.83. The number of hydrogen-bond donors (Lipinski definition) is 0. The van der Waals surface area contributed by atoms with Crippen LogP contribution in [0.5, 0.6) is 0 Å². The summed E-state index contributed by atoms with van der Waals surface area (Å²) in [6.45, 7) is 0.545. The molecule has 0 amide bonds. The van der Waals surface area contributed by atoms with Crippen molar-refractivity contribution in [2.75, 3.05) is 18.6 Å². The van der Waals surface area contributed by atoms with Crippen LogP contribution in [0.25, 0.3) is 0 Å². The molecule has 0 N–H and O–H groups in total. The molecule has 0 saturated carbocycles. The fraction of sp³-hybridized carbons (Fsp3) is 0.364. The molecule has 1 aromatic carbocycles. The predicted octanol–water partition coefficient (Wildman–Crippen LogP) is 1.21. The molecule has 0 spiro atoms. The molecular weight excluding hydrogens is 210 g/mol. The Morgan fingerprint density at radius 3 is 2.87 bits per heavy atom. The Morgan fingerprint density at radius 1 is 1.47 bits per heavy atom. The van der Waals surface area contributed by atoms with Gasteiger partial charge in [0.1, 0.15) is 6.61 Å². The molecule has 0 aromatic heterocycles. The average Bonchev–Trinajstić information content (AvgIpc) is 2.67. The van der Waals surface area contributed by atoms with Crippen molar-refractivity contribution in [3.63, 3.8) is 0 Å². The topological polar surface area (TPSA) is 38.7 Å². The van der Waals surface area contributed by atoms with Crippen molar-refractivity contribution >= 4 is 16.7 Å². The van der Waals surface area contributed by atoms with Gasteiger partial charge in [0, 0.05) is 28.4 Å². The average molecular weight is 223 g/mol. The highest BCUT2D eigenvalue weighted by Gasteiger charge is 2.20. The minimum atomic E-state index is -0.814. The van der Waals surface area contributed by atoms with Crippen molar-refractivity contribution in [2.24, 2.45) is 4.99 Å². The van der Waals surface area contributed by atoms with Crippen LogP contribution in [0.3, 0.4) is 0 Å². The van der Waals surface area contributed by atoms with Gasteiger partial charge in [-0.05, 0) is 12.1 Å². The smallest absolute Gasteiger partial charge is 0.216 e. The van der Waals surface area contributed by atoms with E-state index < -0.39 is 10.8 Å². The highest BCUT2D eigenvalue weighted by Crippen LogP contribution is 2.12. The first kappa shape index (κ1) is 10.4. The van der Waals surface area contributed by atoms with E-state index in [2.05, 4.69) is 4.99 Å². The van der Waals surface area contributed by atoms with E-state index in [1.807, 2.05) is 30.3 Å². The molecule has 1 aliphatic rings. The van der Waals surface area contributed by atoms with Crippen molar-refractivity contribution < 1.29 is 8.95 Å². The molecular formula is C11H13NO2S. The zero-order valence-corrected chi connectivity index (χ0v) is 9.37. The van der Waals surface area contributed by atoms with E-state index in [0.29, 0.717) is 18.3 Å². The van der Waals surface area contributed by atoms with Gasteiger partial charge >= 0.3 is 0 Å². The van der Waals surface area contributed by atoms with Crippen LogP contribution in [0.2, 0.25) is 0 Å². The lowest BCUT2D eigenvalue weighted by Crippen LogP contribution is -2.15. The zero-order valence-electron chi connectivity index (χ0n) is 8.55. The van der Waals surface area contributed by atoms with Crippen LogP contribution in [0.4, 0.5) is 0 Å². The maximum Gasteiger partial charge on any atom is 0.216 e. The van der Waals surface area contributed by atoms with Crippen molar-refractivity contribution in [1.29, 1.82) is 0 Å². The fourth-order valence-corrected chi connectivity index (χ4v) is 2.22. The van der Waals surface area contributed by atoms with Gasteiger partial charge in [0.2, 0.25) is 5.90 Å². The van der Waals surface area contributed by atoms with Gasteiger partial charge in [0.25, 0.3) is 0 Å². The maximum absolute atomic E-state index is 11.0. The summed E-state index contributed by atoms with van der Waals surface area (Å²) in [5, 5.41) is 0. The summed E-state index contributed by atoms with van der Waals surface area (Å²) >= 11 is 0. The summed E-state index contributed by atoms with van der Waals surface area (Å²) in [4.78, 5) is 4.40. The van der Waals surface area contributed by atoms with Crippen LogP contribution < -0.4 is 0 Å². The minimum Gasteiger partial charge on any atom is -0.475 e. The van der Waals surface area contributed by atoms with Gasteiger partial charge in [0.05, 0.1) is 6.04 Å². The molecule has 0 fully saturated rings. The van der Waals surface area contributed by atoms with Gasteiger partial charge in [0.15, 0.2) is 0 Å². The second kappa shape index (κ2) is 4.57. The summed E-state index contributed by atoms with van der Waals surface area (Å²) in [5.74, 6) is 1.25. The lowest BCUT2D eigenvalue weighted by atomic mass is 10.2. The second-order valence-corrected chi connectivity index (χ2v) is 4.98. The van der Waals surface area contributed by atoms with Crippen LogP contribution in [-0.2, 0) is 15.5 Å². The minimum absolute atomic E-state index is 0.0473. The van der Waals surface area contributed by atoms with Gasteiger partial charge in [-0.2, -0.15) is 0 Å². The zero-order chi connectivity index (χ0) is 10.7. The molecule has 0 unspecified atom stereocenters. The Balaban J connectivity index is 2.10. The third-order valence-corrected chi connectivity index (χ3v) is 3.01. The summed E-state index contributed by atoms with van der Waals surface area (Å²) < 4.78 is 16.5. The molecule has 3 nitrogen and oxygen atoms in total. The Bertz CT molecular complexity index is 389. The van der Waals surface area contributed by atoms with E-state index in [1.165, 1.54) is 0 Å². The summed E-state index contributed by atoms with van der Waals surface area (Å²) in [6.07, 6.45) is 1.69. The Kier molecular flexibility index (Phi) is 3.16. The van der Waals surface area contributed by atoms with Gasteiger partial charge in [-0.1, -0.05) is 18.2 Å². The first-order valence-electron chi connectivity index (χ1n) is 4.82.